The zero-order chi connectivity index (χ0) is 20.5. The van der Waals surface area contributed by atoms with E-state index in [9.17, 15) is 18.0 Å². The van der Waals surface area contributed by atoms with E-state index in [0.29, 0.717) is 29.8 Å². The van der Waals surface area contributed by atoms with Crippen LogP contribution in [0, 0.1) is 0 Å². The molecule has 1 aliphatic rings. The molecule has 1 heterocycles. The second kappa shape index (κ2) is 7.73. The molecule has 1 atom stereocenters. The molecule has 1 aliphatic heterocycles. The van der Waals surface area contributed by atoms with Crippen molar-refractivity contribution >= 4 is 27.5 Å². The maximum atomic E-state index is 13.0. The summed E-state index contributed by atoms with van der Waals surface area (Å²) in [6.07, 6.45) is 1.34. The van der Waals surface area contributed by atoms with Crippen molar-refractivity contribution in [2.24, 2.45) is 5.14 Å². The van der Waals surface area contributed by atoms with Gasteiger partial charge in [-0.05, 0) is 49.2 Å². The van der Waals surface area contributed by atoms with E-state index >= 15 is 0 Å². The molecule has 0 spiro atoms. The van der Waals surface area contributed by atoms with Crippen LogP contribution in [0.25, 0.3) is 0 Å². The van der Waals surface area contributed by atoms with Crippen LogP contribution in [-0.4, -0.2) is 38.7 Å². The normalized spacial score (nSPS) is 15.5. The van der Waals surface area contributed by atoms with Gasteiger partial charge in [0.25, 0.3) is 5.91 Å². The lowest BCUT2D eigenvalue weighted by Gasteiger charge is -2.26. The third-order valence-electron chi connectivity index (χ3n) is 5.05. The van der Waals surface area contributed by atoms with Crippen molar-refractivity contribution in [2.45, 2.75) is 30.7 Å². The van der Waals surface area contributed by atoms with E-state index in [1.807, 2.05) is 13.0 Å². The van der Waals surface area contributed by atoms with E-state index in [4.69, 9.17) is 5.14 Å². The number of carbonyl (C=O) groups is 2. The molecule has 2 amide bonds. The summed E-state index contributed by atoms with van der Waals surface area (Å²) in [6, 6.07) is 12.9. The molecule has 2 N–H and O–H groups in total. The van der Waals surface area contributed by atoms with Crippen LogP contribution in [0.3, 0.4) is 0 Å². The van der Waals surface area contributed by atoms with E-state index in [2.05, 4.69) is 0 Å². The fourth-order valence-corrected chi connectivity index (χ4v) is 3.85. The number of hydrogen-bond donors (Lipinski definition) is 1. The minimum atomic E-state index is -3.82. The fourth-order valence-electron chi connectivity index (χ4n) is 3.28. The number of anilines is 1. The number of benzene rings is 2. The summed E-state index contributed by atoms with van der Waals surface area (Å²) in [7, 11) is -2.16. The van der Waals surface area contributed by atoms with Crippen LogP contribution in [0.5, 0.6) is 0 Å². The van der Waals surface area contributed by atoms with Gasteiger partial charge in [0.1, 0.15) is 0 Å². The Balaban J connectivity index is 1.84. The Hall–Kier alpha value is -2.71. The number of carbonyl (C=O) groups excluding carboxylic acids is 2. The van der Waals surface area contributed by atoms with Crippen molar-refractivity contribution in [2.75, 3.05) is 18.5 Å². The van der Waals surface area contributed by atoms with Gasteiger partial charge in [-0.1, -0.05) is 18.2 Å². The van der Waals surface area contributed by atoms with Crippen LogP contribution < -0.4 is 10.0 Å². The Bertz CT molecular complexity index is 1020. The lowest BCUT2D eigenvalue weighted by molar-refractivity contribution is -0.117. The smallest absolute Gasteiger partial charge is 0.254 e. The lowest BCUT2D eigenvalue weighted by Crippen LogP contribution is -2.30. The molecule has 0 radical (unpaired) electrons. The maximum Gasteiger partial charge on any atom is 0.254 e. The first kappa shape index (κ1) is 20.0. The highest BCUT2D eigenvalue weighted by molar-refractivity contribution is 7.89. The van der Waals surface area contributed by atoms with E-state index in [-0.39, 0.29) is 22.8 Å². The third-order valence-corrected chi connectivity index (χ3v) is 5.96. The van der Waals surface area contributed by atoms with Crippen LogP contribution in [0.2, 0.25) is 0 Å². The topological polar surface area (TPSA) is 101 Å². The van der Waals surface area contributed by atoms with Crippen LogP contribution in [0.4, 0.5) is 5.69 Å². The number of amides is 2. The van der Waals surface area contributed by atoms with Gasteiger partial charge in [0, 0.05) is 31.3 Å². The lowest BCUT2D eigenvalue weighted by atomic mass is 10.1. The molecule has 0 aromatic heterocycles. The molecule has 0 aliphatic carbocycles. The molecule has 3 rings (SSSR count). The monoisotopic (exact) mass is 401 g/mol. The third kappa shape index (κ3) is 4.07. The second-order valence-electron chi connectivity index (χ2n) is 6.91. The average molecular weight is 401 g/mol. The largest absolute Gasteiger partial charge is 0.335 e. The van der Waals surface area contributed by atoms with Crippen molar-refractivity contribution in [3.8, 4) is 0 Å². The Morgan fingerprint density at radius 1 is 1.18 bits per heavy atom. The molecule has 1 unspecified atom stereocenters. The van der Waals surface area contributed by atoms with Gasteiger partial charge in [-0.2, -0.15) is 0 Å². The zero-order valence-corrected chi connectivity index (χ0v) is 16.6. The van der Waals surface area contributed by atoms with Gasteiger partial charge in [-0.15, -0.1) is 0 Å². The Labute approximate surface area is 164 Å². The number of nitrogens with two attached hydrogens (primary N) is 1. The van der Waals surface area contributed by atoms with Crippen LogP contribution >= 0.6 is 0 Å². The number of primary sulfonamides is 1. The predicted molar refractivity (Wildman–Crippen MR) is 106 cm³/mol. The maximum absolute atomic E-state index is 13.0. The zero-order valence-electron chi connectivity index (χ0n) is 15.8. The van der Waals surface area contributed by atoms with Crippen LogP contribution in [-0.2, 0) is 14.8 Å². The Kier molecular flexibility index (Phi) is 5.53. The summed E-state index contributed by atoms with van der Waals surface area (Å²) >= 11 is 0. The van der Waals surface area contributed by atoms with Crippen LogP contribution in [0.1, 0.15) is 41.7 Å². The number of hydrogen-bond acceptors (Lipinski definition) is 4. The van der Waals surface area contributed by atoms with Gasteiger partial charge < -0.3 is 9.80 Å². The highest BCUT2D eigenvalue weighted by Gasteiger charge is 2.24. The number of sulfonamides is 1. The Morgan fingerprint density at radius 3 is 2.54 bits per heavy atom. The van der Waals surface area contributed by atoms with E-state index in [1.54, 1.807) is 42.3 Å². The molecule has 148 valence electrons. The van der Waals surface area contributed by atoms with Crippen molar-refractivity contribution in [3.63, 3.8) is 0 Å². The summed E-state index contributed by atoms with van der Waals surface area (Å²) in [5.41, 5.74) is 1.84. The molecular formula is C20H23N3O4S. The summed E-state index contributed by atoms with van der Waals surface area (Å²) in [4.78, 5) is 28.2. The summed E-state index contributed by atoms with van der Waals surface area (Å²) in [6.45, 7) is 2.47. The van der Waals surface area contributed by atoms with Gasteiger partial charge in [0.2, 0.25) is 15.9 Å². The SMILES string of the molecule is CC(c1cccc(S(N)(=O)=O)c1)N(C)C(=O)c1cccc(N2CCCC2=O)c1. The molecule has 2 aromatic rings. The first-order valence-electron chi connectivity index (χ1n) is 8.99. The average Bonchev–Trinajstić information content (AvgIpc) is 3.11. The van der Waals surface area contributed by atoms with Gasteiger partial charge >= 0.3 is 0 Å². The molecule has 28 heavy (non-hydrogen) atoms. The van der Waals surface area contributed by atoms with E-state index < -0.39 is 10.0 Å². The highest BCUT2D eigenvalue weighted by atomic mass is 32.2. The molecule has 1 fully saturated rings. The van der Waals surface area contributed by atoms with Gasteiger partial charge in [0.05, 0.1) is 10.9 Å². The quantitative estimate of drug-likeness (QED) is 0.831. The highest BCUT2D eigenvalue weighted by Crippen LogP contribution is 2.26. The first-order valence-corrected chi connectivity index (χ1v) is 10.5. The van der Waals surface area contributed by atoms with Crippen molar-refractivity contribution in [3.05, 3.63) is 59.7 Å². The Morgan fingerprint density at radius 2 is 1.89 bits per heavy atom. The summed E-state index contributed by atoms with van der Waals surface area (Å²) in [5.74, 6) is -0.159. The molecule has 0 saturated carbocycles. The standard InChI is InChI=1S/C20H23N3O4S/c1-14(15-6-4-9-18(13-15)28(21,26)27)22(2)20(25)16-7-3-8-17(12-16)23-11-5-10-19(23)24/h3-4,6-9,12-14H,5,10-11H2,1-2H3,(H2,21,26,27). The molecule has 1 saturated heterocycles. The van der Waals surface area contributed by atoms with E-state index in [0.717, 1.165) is 6.42 Å². The fraction of sp³-hybridized carbons (Fsp3) is 0.300. The number of nitrogens with zero attached hydrogens (tertiary/aromatic N) is 2. The van der Waals surface area contributed by atoms with Crippen molar-refractivity contribution < 1.29 is 18.0 Å². The molecule has 7 nitrogen and oxygen atoms in total. The van der Waals surface area contributed by atoms with Crippen molar-refractivity contribution in [1.82, 2.24) is 4.90 Å². The van der Waals surface area contributed by atoms with Gasteiger partial charge in [-0.25, -0.2) is 13.6 Å². The summed E-state index contributed by atoms with van der Waals surface area (Å²) < 4.78 is 23.2. The van der Waals surface area contributed by atoms with Gasteiger partial charge in [-0.3, -0.25) is 9.59 Å². The predicted octanol–water partition coefficient (Wildman–Crippen LogP) is 2.29. The number of rotatable bonds is 5. The molecule has 0 bridgehead atoms. The van der Waals surface area contributed by atoms with Crippen molar-refractivity contribution in [1.29, 1.82) is 0 Å². The minimum absolute atomic E-state index is 0.00671. The summed E-state index contributed by atoms with van der Waals surface area (Å²) in [5, 5.41) is 5.20. The van der Waals surface area contributed by atoms with Gasteiger partial charge in [0.15, 0.2) is 0 Å². The minimum Gasteiger partial charge on any atom is -0.335 e. The van der Waals surface area contributed by atoms with Crippen LogP contribution in [0.15, 0.2) is 53.4 Å². The molecular weight excluding hydrogens is 378 g/mol. The molecule has 8 heteroatoms. The van der Waals surface area contributed by atoms with E-state index in [1.165, 1.54) is 17.0 Å². The second-order valence-corrected chi connectivity index (χ2v) is 8.47. The molecule has 2 aromatic carbocycles. The first-order chi connectivity index (χ1) is 13.2.